The summed E-state index contributed by atoms with van der Waals surface area (Å²) in [5.74, 6) is -1.64. The van der Waals surface area contributed by atoms with E-state index in [0.717, 1.165) is 16.0 Å². The summed E-state index contributed by atoms with van der Waals surface area (Å²) in [5, 5.41) is 9.74. The van der Waals surface area contributed by atoms with E-state index in [0.29, 0.717) is 11.0 Å². The summed E-state index contributed by atoms with van der Waals surface area (Å²) < 4.78 is 102. The Labute approximate surface area is 239 Å². The van der Waals surface area contributed by atoms with Crippen LogP contribution in [0, 0.1) is 6.92 Å². The fourth-order valence-corrected chi connectivity index (χ4v) is 6.38. The van der Waals surface area contributed by atoms with Gasteiger partial charge in [0.15, 0.2) is 5.82 Å². The van der Waals surface area contributed by atoms with Crippen molar-refractivity contribution in [3.63, 3.8) is 0 Å². The van der Waals surface area contributed by atoms with Crippen LogP contribution in [0.15, 0.2) is 54.7 Å². The molecule has 42 heavy (non-hydrogen) atoms. The molecule has 1 amide bonds. The number of β-amino-alcohol motifs (C(OH)–C–C–N with tert-alkyl or cyclic N) is 1. The highest BCUT2D eigenvalue weighted by Gasteiger charge is 2.60. The zero-order valence-electron chi connectivity index (χ0n) is 24.7. The molecule has 2 unspecified atom stereocenters. The first-order valence-electron chi connectivity index (χ1n) is 14.4. The molecule has 14 heteroatoms. The Bertz CT molecular complexity index is 1890. The Morgan fingerprint density at radius 3 is 2.74 bits per heavy atom. The first-order valence-corrected chi connectivity index (χ1v) is 12.9. The zero-order chi connectivity index (χ0) is 32.2. The third-order valence-electron chi connectivity index (χ3n) is 8.01. The van der Waals surface area contributed by atoms with E-state index in [1.54, 1.807) is 28.8 Å². The Morgan fingerprint density at radius 1 is 1.21 bits per heavy atom. The predicted octanol–water partition coefficient (Wildman–Crippen LogP) is 4.29. The maximum Gasteiger partial charge on any atom is 0.406 e. The number of halogens is 5. The number of para-hydroxylation sites is 2. The Hall–Kier alpha value is -4.01. The highest BCUT2D eigenvalue weighted by Crippen LogP contribution is 2.54. The third kappa shape index (κ3) is 3.85. The van der Waals surface area contributed by atoms with Gasteiger partial charge >= 0.3 is 12.8 Å². The van der Waals surface area contributed by atoms with E-state index in [4.69, 9.17) is 8.85 Å². The van der Waals surface area contributed by atoms with Crippen LogP contribution < -0.4 is 4.90 Å². The van der Waals surface area contributed by atoms with Crippen molar-refractivity contribution >= 4 is 22.8 Å². The summed E-state index contributed by atoms with van der Waals surface area (Å²) in [5.41, 5.74) is -1.38. The number of rotatable bonds is 5. The molecule has 0 radical (unpaired) electrons. The van der Waals surface area contributed by atoms with E-state index >= 15 is 0 Å². The first kappa shape index (κ1) is 23.5. The number of fused-ring (bicyclic) bond motifs is 9. The Balaban J connectivity index is 1.47. The second-order valence-electron chi connectivity index (χ2n) is 10.4. The minimum absolute atomic E-state index is 0.0800. The molecular weight excluding hydrogens is 563 g/mol. The van der Waals surface area contributed by atoms with Gasteiger partial charge in [-0.05, 0) is 42.3 Å². The van der Waals surface area contributed by atoms with Crippen molar-refractivity contribution in [3.05, 3.63) is 83.0 Å². The van der Waals surface area contributed by atoms with E-state index in [2.05, 4.69) is 15.0 Å². The fraction of sp³-hybridized carbons (Fsp3) is 0.357. The van der Waals surface area contributed by atoms with Crippen LogP contribution >= 0.6 is 0 Å². The molecule has 2 aromatic carbocycles. The summed E-state index contributed by atoms with van der Waals surface area (Å²) in [6.07, 6.45) is -5.58. The summed E-state index contributed by atoms with van der Waals surface area (Å²) in [4.78, 5) is 29.2. The molecule has 2 bridgehead atoms. The van der Waals surface area contributed by atoms with Crippen molar-refractivity contribution in [2.24, 2.45) is 0 Å². The smallest absolute Gasteiger partial charge is 0.390 e. The number of aromatic nitrogens is 4. The quantitative estimate of drug-likeness (QED) is 0.347. The molecule has 0 aliphatic carbocycles. The molecule has 2 aromatic heterocycles. The van der Waals surface area contributed by atoms with E-state index in [-0.39, 0.29) is 53.2 Å². The van der Waals surface area contributed by atoms with Gasteiger partial charge in [-0.3, -0.25) is 19.3 Å². The second kappa shape index (κ2) is 9.24. The normalized spacial score (nSPS) is 26.5. The number of benzene rings is 2. The average Bonchev–Trinajstić information content (AvgIpc) is 3.45. The number of ether oxygens (including phenoxy) is 1. The van der Waals surface area contributed by atoms with Crippen LogP contribution in [0.25, 0.3) is 11.0 Å². The average molecular weight is 590 g/mol. The van der Waals surface area contributed by atoms with Gasteiger partial charge in [0.05, 0.1) is 33.8 Å². The van der Waals surface area contributed by atoms with Gasteiger partial charge in [-0.2, -0.15) is 22.0 Å². The summed E-state index contributed by atoms with van der Waals surface area (Å²) >= 11 is 0. The molecule has 9 nitrogen and oxygen atoms in total. The molecular formula is C28H23F5N6O3. The highest BCUT2D eigenvalue weighted by molar-refractivity contribution is 6.08. The van der Waals surface area contributed by atoms with Gasteiger partial charge in [-0.25, -0.2) is 15.0 Å². The molecule has 1 N–H and O–H groups in total. The number of alkyl halides is 5. The lowest BCUT2D eigenvalue weighted by atomic mass is 9.94. The van der Waals surface area contributed by atoms with Gasteiger partial charge in [0, 0.05) is 24.7 Å². The molecule has 5 heterocycles. The first-order chi connectivity index (χ1) is 21.2. The van der Waals surface area contributed by atoms with Gasteiger partial charge in [0.25, 0.3) is 5.91 Å². The maximum atomic E-state index is 14.5. The van der Waals surface area contributed by atoms with Crippen LogP contribution in [-0.4, -0.2) is 66.9 Å². The van der Waals surface area contributed by atoms with Gasteiger partial charge in [-0.1, -0.05) is 24.2 Å². The third-order valence-corrected chi connectivity index (χ3v) is 8.01. The van der Waals surface area contributed by atoms with Crippen molar-refractivity contribution < 1.29 is 40.7 Å². The summed E-state index contributed by atoms with van der Waals surface area (Å²) in [6, 6.07) is 3.39. The number of hydrogen-bond donors (Lipinski definition) is 1. The molecule has 4 aromatic rings. The lowest BCUT2D eigenvalue weighted by Gasteiger charge is -2.45. The fourth-order valence-electron chi connectivity index (χ4n) is 6.38. The molecule has 3 aliphatic heterocycles. The van der Waals surface area contributed by atoms with Crippen LogP contribution in [0.4, 0.5) is 27.8 Å². The molecule has 3 aliphatic rings. The van der Waals surface area contributed by atoms with Crippen molar-refractivity contribution in [2.75, 3.05) is 11.4 Å². The van der Waals surface area contributed by atoms with E-state index in [1.807, 2.05) is 0 Å². The summed E-state index contributed by atoms with van der Waals surface area (Å²) in [7, 11) is 0. The lowest BCUT2D eigenvalue weighted by Crippen LogP contribution is -2.65. The number of aliphatic hydroxyl groups is 1. The van der Waals surface area contributed by atoms with Crippen molar-refractivity contribution in [1.82, 2.24) is 24.4 Å². The van der Waals surface area contributed by atoms with Crippen LogP contribution in [0.1, 0.15) is 49.7 Å². The predicted molar refractivity (Wildman–Crippen MR) is 138 cm³/mol. The Morgan fingerprint density at radius 2 is 2.00 bits per heavy atom. The number of imidazole rings is 1. The van der Waals surface area contributed by atoms with Crippen LogP contribution in [-0.2, 0) is 17.0 Å². The molecule has 0 saturated carbocycles. The minimum Gasteiger partial charge on any atom is -0.390 e. The number of likely N-dealkylation sites (tertiary alicyclic amines) is 1. The summed E-state index contributed by atoms with van der Waals surface area (Å²) in [6.45, 7) is -2.74. The number of aliphatic hydroxyl groups excluding tert-OH is 1. The number of nitrogens with zero attached hydrogens (tertiary/aromatic N) is 6. The lowest BCUT2D eigenvalue weighted by molar-refractivity contribution is -0.250. The number of anilines is 1. The molecule has 1 fully saturated rings. The van der Waals surface area contributed by atoms with Gasteiger partial charge in [0.2, 0.25) is 5.72 Å². The second-order valence-corrected chi connectivity index (χ2v) is 10.4. The van der Waals surface area contributed by atoms with Gasteiger partial charge in [-0.15, -0.1) is 0 Å². The zero-order valence-corrected chi connectivity index (χ0v) is 21.7. The Kier molecular flexibility index (Phi) is 5.18. The monoisotopic (exact) mass is 589 g/mol. The van der Waals surface area contributed by atoms with Gasteiger partial charge < -0.3 is 9.67 Å². The van der Waals surface area contributed by atoms with Crippen LogP contribution in [0.3, 0.4) is 0 Å². The number of carbonyl (C=O) groups is 1. The minimum atomic E-state index is -4.74. The number of amides is 1. The largest absolute Gasteiger partial charge is 0.406 e. The van der Waals surface area contributed by atoms with Gasteiger partial charge in [0.1, 0.15) is 17.7 Å². The molecule has 218 valence electrons. The number of carbonyl (C=O) groups excluding carboxylic acids is 1. The highest BCUT2D eigenvalue weighted by atomic mass is 19.4. The SMILES string of the molecule is [2H]c1c([2H])c(C)c2c(c1[2H])C(=O)N(c1ccnc(CN3CC(O)C3C(F)(F)F)n1)[C@@]1(OC(F)F)C[C@H]2n2c1nc1ccccc12. The van der Waals surface area contributed by atoms with Crippen molar-refractivity contribution in [3.8, 4) is 0 Å². The topological polar surface area (TPSA) is 96.6 Å². The van der Waals surface area contributed by atoms with Crippen molar-refractivity contribution in [2.45, 2.75) is 56.6 Å². The number of hydrogen-bond acceptors (Lipinski definition) is 7. The maximum absolute atomic E-state index is 14.5. The molecule has 1 saturated heterocycles. The van der Waals surface area contributed by atoms with Crippen LogP contribution in [0.5, 0.6) is 0 Å². The van der Waals surface area contributed by atoms with Crippen LogP contribution in [0.2, 0.25) is 0 Å². The van der Waals surface area contributed by atoms with E-state index in [1.165, 1.54) is 13.0 Å². The molecule has 7 rings (SSSR count). The van der Waals surface area contributed by atoms with E-state index in [9.17, 15) is 31.9 Å². The van der Waals surface area contributed by atoms with E-state index < -0.39 is 61.2 Å². The standard InChI is InChI=1S/C28H23F5N6O3/c1-14-5-4-6-15-22(14)18-11-27(42-26(29)30,25-35-16-7-2-3-8-17(16)38(18)25)39(24(15)41)21-9-10-34-20(36-21)13-37-12-19(40)23(37)28(31,32)33/h2-10,18-19,23,26,40H,11-13H2,1H3/t18-,19?,23?,27-/m1/s1/i4D,5D,6D. The van der Waals surface area contributed by atoms with Crippen molar-refractivity contribution in [1.29, 1.82) is 0 Å². The molecule has 4 atom stereocenters. The molecule has 0 spiro atoms.